The van der Waals surface area contributed by atoms with E-state index in [4.69, 9.17) is 0 Å². The number of hydrogen-bond donors (Lipinski definition) is 3. The van der Waals surface area contributed by atoms with Gasteiger partial charge in [-0.05, 0) is 46.7 Å². The summed E-state index contributed by atoms with van der Waals surface area (Å²) in [5.41, 5.74) is 4.21. The zero-order valence-corrected chi connectivity index (χ0v) is 17.1. The summed E-state index contributed by atoms with van der Waals surface area (Å²) in [6.07, 6.45) is 4.15. The average molecular weight is 429 g/mol. The molecule has 11 heteroatoms. The van der Waals surface area contributed by atoms with Crippen molar-refractivity contribution in [3.05, 3.63) is 71.9 Å². The number of carboxylic acids is 1. The maximum Gasteiger partial charge on any atom is 0.372 e. The number of carbonyl (C=O) groups is 1. The molecule has 160 valence electrons. The third kappa shape index (κ3) is 3.45. The van der Waals surface area contributed by atoms with E-state index >= 15 is 0 Å². The Morgan fingerprint density at radius 3 is 2.78 bits per heavy atom. The molecule has 0 aliphatic carbocycles. The molecule has 0 aliphatic rings. The number of aromatic amines is 1. The molecule has 5 aromatic rings. The molecule has 0 aliphatic heterocycles. The van der Waals surface area contributed by atoms with E-state index in [-0.39, 0.29) is 5.82 Å². The van der Waals surface area contributed by atoms with Gasteiger partial charge in [0.15, 0.2) is 11.5 Å². The van der Waals surface area contributed by atoms with E-state index in [0.29, 0.717) is 23.8 Å². The van der Waals surface area contributed by atoms with Crippen LogP contribution < -0.4 is 5.32 Å². The number of aromatic carboxylic acids is 1. The molecule has 0 unspecified atom stereocenters. The van der Waals surface area contributed by atoms with Gasteiger partial charge in [0.1, 0.15) is 5.82 Å². The molecular weight excluding hydrogens is 410 g/mol. The molecule has 3 N–H and O–H groups in total. The van der Waals surface area contributed by atoms with Crippen LogP contribution in [-0.4, -0.2) is 50.6 Å². The van der Waals surface area contributed by atoms with Gasteiger partial charge in [-0.15, -0.1) is 5.10 Å². The molecule has 0 saturated carbocycles. The first-order valence-electron chi connectivity index (χ1n) is 9.99. The van der Waals surface area contributed by atoms with Gasteiger partial charge in [-0.2, -0.15) is 0 Å². The molecular formula is C21H19N9O2. The molecule has 0 bridgehead atoms. The van der Waals surface area contributed by atoms with E-state index in [9.17, 15) is 9.90 Å². The number of nitrogens with one attached hydrogen (secondary N) is 2. The quantitative estimate of drug-likeness (QED) is 0.359. The summed E-state index contributed by atoms with van der Waals surface area (Å²) in [5.74, 6) is 0.0445. The highest BCUT2D eigenvalue weighted by molar-refractivity contribution is 5.85. The highest BCUT2D eigenvalue weighted by Gasteiger charge is 2.16. The van der Waals surface area contributed by atoms with Crippen molar-refractivity contribution in [1.82, 2.24) is 39.6 Å². The maximum absolute atomic E-state index is 11.6. The van der Waals surface area contributed by atoms with Gasteiger partial charge >= 0.3 is 5.97 Å². The summed E-state index contributed by atoms with van der Waals surface area (Å²) >= 11 is 0. The van der Waals surface area contributed by atoms with Gasteiger partial charge in [0.25, 0.3) is 0 Å². The van der Waals surface area contributed by atoms with Crippen molar-refractivity contribution < 1.29 is 9.90 Å². The van der Waals surface area contributed by atoms with Crippen LogP contribution in [0.15, 0.2) is 54.9 Å². The van der Waals surface area contributed by atoms with Crippen molar-refractivity contribution >= 4 is 17.4 Å². The Labute approximate surface area is 181 Å². The van der Waals surface area contributed by atoms with Gasteiger partial charge in [-0.25, -0.2) is 19.9 Å². The van der Waals surface area contributed by atoms with E-state index in [2.05, 4.69) is 35.9 Å². The Bertz CT molecular complexity index is 1380. The van der Waals surface area contributed by atoms with Crippen LogP contribution in [0.5, 0.6) is 0 Å². The van der Waals surface area contributed by atoms with Crippen LogP contribution in [-0.2, 0) is 13.0 Å². The largest absolute Gasteiger partial charge is 0.475 e. The number of fused-ring (bicyclic) bond motifs is 1. The Morgan fingerprint density at radius 2 is 2.06 bits per heavy atom. The van der Waals surface area contributed by atoms with E-state index in [1.54, 1.807) is 0 Å². The second-order valence-electron chi connectivity index (χ2n) is 7.10. The van der Waals surface area contributed by atoms with Crippen LogP contribution in [0.3, 0.4) is 0 Å². The summed E-state index contributed by atoms with van der Waals surface area (Å²) in [4.78, 5) is 20.0. The number of anilines is 1. The zero-order valence-electron chi connectivity index (χ0n) is 17.1. The minimum absolute atomic E-state index is 0.0740. The fourth-order valence-corrected chi connectivity index (χ4v) is 3.56. The third-order valence-electron chi connectivity index (χ3n) is 5.12. The number of imidazole rings is 1. The van der Waals surface area contributed by atoms with Crippen molar-refractivity contribution in [1.29, 1.82) is 0 Å². The molecule has 0 spiro atoms. The maximum atomic E-state index is 11.6. The predicted molar refractivity (Wildman–Crippen MR) is 116 cm³/mol. The molecule has 5 rings (SSSR count). The van der Waals surface area contributed by atoms with Crippen LogP contribution in [0.1, 0.15) is 28.8 Å². The monoisotopic (exact) mass is 429 g/mol. The second-order valence-corrected chi connectivity index (χ2v) is 7.10. The van der Waals surface area contributed by atoms with Crippen LogP contribution in [0.4, 0.5) is 5.82 Å². The predicted octanol–water partition coefficient (Wildman–Crippen LogP) is 2.57. The minimum Gasteiger partial charge on any atom is -0.475 e. The molecule has 4 heterocycles. The van der Waals surface area contributed by atoms with Crippen molar-refractivity contribution in [3.8, 4) is 17.2 Å². The number of H-pyrrole nitrogens is 1. The highest BCUT2D eigenvalue weighted by Crippen LogP contribution is 2.21. The SMILES string of the molecule is CCc1cc(NCc2ccc(-n3cccc3-c3nnn[nH]3)cc2)n2c(C(=O)O)ncc2n1. The smallest absolute Gasteiger partial charge is 0.372 e. The molecule has 0 fully saturated rings. The van der Waals surface area contributed by atoms with E-state index in [0.717, 1.165) is 29.1 Å². The lowest BCUT2D eigenvalue weighted by Gasteiger charge is -2.13. The fraction of sp³-hybridized carbons (Fsp3) is 0.143. The Morgan fingerprint density at radius 1 is 1.22 bits per heavy atom. The van der Waals surface area contributed by atoms with E-state index in [1.807, 2.05) is 60.2 Å². The van der Waals surface area contributed by atoms with Crippen LogP contribution >= 0.6 is 0 Å². The number of nitrogens with zero attached hydrogens (tertiary/aromatic N) is 7. The first kappa shape index (κ1) is 19.4. The Hall–Kier alpha value is -4.54. The van der Waals surface area contributed by atoms with E-state index < -0.39 is 5.97 Å². The van der Waals surface area contributed by atoms with Crippen LogP contribution in [0.2, 0.25) is 0 Å². The summed E-state index contributed by atoms with van der Waals surface area (Å²) in [7, 11) is 0. The number of carboxylic acid groups (broad SMARTS) is 1. The second kappa shape index (κ2) is 7.95. The molecule has 4 aromatic heterocycles. The minimum atomic E-state index is -1.10. The standard InChI is InChI=1S/C21H19N9O2/c1-2-14-10-17(30-18(24-14)12-23-20(30)21(31)32)22-11-13-5-7-15(8-6-13)29-9-3-4-16(29)19-25-27-28-26-19/h3-10,12,22H,2,11H2,1H3,(H,31,32)(H,25,26,27,28). The normalized spacial score (nSPS) is 11.2. The summed E-state index contributed by atoms with van der Waals surface area (Å²) in [6, 6.07) is 13.7. The third-order valence-corrected chi connectivity index (χ3v) is 5.12. The molecule has 0 radical (unpaired) electrons. The van der Waals surface area contributed by atoms with Crippen LogP contribution in [0, 0.1) is 0 Å². The first-order chi connectivity index (χ1) is 15.6. The Balaban J connectivity index is 1.40. The zero-order chi connectivity index (χ0) is 22.1. The van der Waals surface area contributed by atoms with Crippen molar-refractivity contribution in [2.75, 3.05) is 5.32 Å². The van der Waals surface area contributed by atoms with Gasteiger partial charge in [0.05, 0.1) is 11.9 Å². The topological polar surface area (TPSA) is 139 Å². The van der Waals surface area contributed by atoms with Crippen molar-refractivity contribution in [3.63, 3.8) is 0 Å². The molecule has 0 amide bonds. The number of rotatable bonds is 7. The molecule has 11 nitrogen and oxygen atoms in total. The lowest BCUT2D eigenvalue weighted by Crippen LogP contribution is -2.11. The van der Waals surface area contributed by atoms with Crippen LogP contribution in [0.25, 0.3) is 22.9 Å². The lowest BCUT2D eigenvalue weighted by molar-refractivity contribution is 0.0683. The molecule has 32 heavy (non-hydrogen) atoms. The number of tetrazole rings is 1. The first-order valence-corrected chi connectivity index (χ1v) is 9.99. The summed E-state index contributed by atoms with van der Waals surface area (Å²) in [6.45, 7) is 2.50. The van der Waals surface area contributed by atoms with Crippen molar-refractivity contribution in [2.45, 2.75) is 19.9 Å². The number of benzene rings is 1. The molecule has 0 saturated heterocycles. The lowest BCUT2D eigenvalue weighted by atomic mass is 10.2. The fourth-order valence-electron chi connectivity index (χ4n) is 3.56. The summed E-state index contributed by atoms with van der Waals surface area (Å²) in [5, 5.41) is 26.8. The van der Waals surface area contributed by atoms with Crippen molar-refractivity contribution in [2.24, 2.45) is 0 Å². The van der Waals surface area contributed by atoms with Gasteiger partial charge in [-0.3, -0.25) is 4.40 Å². The highest BCUT2D eigenvalue weighted by atomic mass is 16.4. The van der Waals surface area contributed by atoms with E-state index in [1.165, 1.54) is 10.6 Å². The number of hydrogen-bond acceptors (Lipinski definition) is 7. The van der Waals surface area contributed by atoms with Gasteiger partial charge < -0.3 is 15.0 Å². The summed E-state index contributed by atoms with van der Waals surface area (Å²) < 4.78 is 3.51. The van der Waals surface area contributed by atoms with Gasteiger partial charge in [-0.1, -0.05) is 19.1 Å². The average Bonchev–Trinajstić information content (AvgIpc) is 3.57. The Kier molecular flexibility index (Phi) is 4.82. The van der Waals surface area contributed by atoms with Gasteiger partial charge in [0.2, 0.25) is 5.82 Å². The molecule has 0 atom stereocenters. The number of aromatic nitrogens is 8. The number of aryl methyl sites for hydroxylation is 1. The van der Waals surface area contributed by atoms with Gasteiger partial charge in [0, 0.05) is 30.2 Å². The molecule has 1 aromatic carbocycles.